The van der Waals surface area contributed by atoms with Crippen molar-refractivity contribution in [3.8, 4) is 0 Å². The molecule has 0 radical (unpaired) electrons. The molecule has 0 unspecified atom stereocenters. The Morgan fingerprint density at radius 2 is 2.08 bits per heavy atom. The Morgan fingerprint density at radius 3 is 2.85 bits per heavy atom. The maximum atomic E-state index is 2.58. The standard InChI is InChI=1S/C11H17NS/c1-9(2)12-6-3-10-5-8-13-11(10)4-7-12/h5,8-9H,3-4,6-7H2,1-2H3. The highest BCUT2D eigenvalue weighted by molar-refractivity contribution is 7.10. The lowest BCUT2D eigenvalue weighted by molar-refractivity contribution is 0.233. The van der Waals surface area contributed by atoms with Gasteiger partial charge in [-0.3, -0.25) is 0 Å². The first-order valence-corrected chi connectivity index (χ1v) is 5.94. The summed E-state index contributed by atoms with van der Waals surface area (Å²) >= 11 is 1.93. The van der Waals surface area contributed by atoms with E-state index < -0.39 is 0 Å². The quantitative estimate of drug-likeness (QED) is 0.665. The van der Waals surface area contributed by atoms with Gasteiger partial charge in [-0.1, -0.05) is 0 Å². The van der Waals surface area contributed by atoms with E-state index in [0.717, 1.165) is 0 Å². The summed E-state index contributed by atoms with van der Waals surface area (Å²) in [6.45, 7) is 7.06. The molecule has 2 rings (SSSR count). The van der Waals surface area contributed by atoms with Gasteiger partial charge in [-0.2, -0.15) is 0 Å². The number of rotatable bonds is 1. The van der Waals surface area contributed by atoms with E-state index in [2.05, 4.69) is 30.2 Å². The third kappa shape index (κ3) is 1.94. The minimum Gasteiger partial charge on any atom is -0.300 e. The predicted octanol–water partition coefficient (Wildman–Crippen LogP) is 2.56. The molecular formula is C11H17NS. The Hall–Kier alpha value is -0.340. The Labute approximate surface area is 84.4 Å². The molecule has 2 heterocycles. The van der Waals surface area contributed by atoms with Crippen molar-refractivity contribution in [3.63, 3.8) is 0 Å². The van der Waals surface area contributed by atoms with E-state index >= 15 is 0 Å². The number of nitrogens with zero attached hydrogens (tertiary/aromatic N) is 1. The maximum Gasteiger partial charge on any atom is 0.00904 e. The first kappa shape index (κ1) is 9.22. The van der Waals surface area contributed by atoms with Gasteiger partial charge in [0.25, 0.3) is 0 Å². The molecular weight excluding hydrogens is 178 g/mol. The van der Waals surface area contributed by atoms with Crippen molar-refractivity contribution in [3.05, 3.63) is 21.9 Å². The molecule has 0 N–H and O–H groups in total. The monoisotopic (exact) mass is 195 g/mol. The molecule has 2 heteroatoms. The normalized spacial score (nSPS) is 18.7. The maximum absolute atomic E-state index is 2.58. The van der Waals surface area contributed by atoms with E-state index in [4.69, 9.17) is 0 Å². The fraction of sp³-hybridized carbons (Fsp3) is 0.636. The fourth-order valence-corrected chi connectivity index (χ4v) is 2.87. The summed E-state index contributed by atoms with van der Waals surface area (Å²) < 4.78 is 0. The number of hydrogen-bond acceptors (Lipinski definition) is 2. The molecule has 1 aliphatic heterocycles. The molecule has 0 saturated heterocycles. The van der Waals surface area contributed by atoms with E-state index in [1.54, 1.807) is 10.4 Å². The summed E-state index contributed by atoms with van der Waals surface area (Å²) in [6.07, 6.45) is 2.50. The molecule has 1 aromatic heterocycles. The van der Waals surface area contributed by atoms with E-state index in [1.807, 2.05) is 11.3 Å². The number of thiophene rings is 1. The Bertz CT molecular complexity index is 255. The third-order valence-electron chi connectivity index (χ3n) is 2.86. The number of hydrogen-bond donors (Lipinski definition) is 0. The van der Waals surface area contributed by atoms with Crippen LogP contribution in [0.3, 0.4) is 0 Å². The van der Waals surface area contributed by atoms with Crippen LogP contribution in [-0.2, 0) is 12.8 Å². The molecule has 0 amide bonds. The molecule has 0 fully saturated rings. The molecule has 72 valence electrons. The zero-order chi connectivity index (χ0) is 9.26. The average Bonchev–Trinajstić information content (AvgIpc) is 2.44. The second kappa shape index (κ2) is 3.81. The van der Waals surface area contributed by atoms with E-state index in [-0.39, 0.29) is 0 Å². The zero-order valence-electron chi connectivity index (χ0n) is 8.42. The minimum absolute atomic E-state index is 0.703. The van der Waals surface area contributed by atoms with Gasteiger partial charge in [0, 0.05) is 24.0 Å². The highest BCUT2D eigenvalue weighted by Gasteiger charge is 2.16. The van der Waals surface area contributed by atoms with Gasteiger partial charge >= 0.3 is 0 Å². The van der Waals surface area contributed by atoms with Crippen LogP contribution in [0.25, 0.3) is 0 Å². The molecule has 13 heavy (non-hydrogen) atoms. The second-order valence-electron chi connectivity index (χ2n) is 4.00. The smallest absolute Gasteiger partial charge is 0.00904 e. The molecule has 0 atom stereocenters. The van der Waals surface area contributed by atoms with Gasteiger partial charge in [0.05, 0.1) is 0 Å². The van der Waals surface area contributed by atoms with E-state index in [1.165, 1.54) is 25.9 Å². The van der Waals surface area contributed by atoms with Gasteiger partial charge in [-0.25, -0.2) is 0 Å². The van der Waals surface area contributed by atoms with Crippen LogP contribution in [0.2, 0.25) is 0 Å². The van der Waals surface area contributed by atoms with Gasteiger partial charge in [-0.15, -0.1) is 11.3 Å². The molecule has 0 aliphatic carbocycles. The van der Waals surface area contributed by atoms with E-state index in [9.17, 15) is 0 Å². The molecule has 0 spiro atoms. The van der Waals surface area contributed by atoms with Crippen LogP contribution in [0.5, 0.6) is 0 Å². The minimum atomic E-state index is 0.703. The van der Waals surface area contributed by atoms with Crippen molar-refractivity contribution < 1.29 is 0 Å². The van der Waals surface area contributed by atoms with Crippen molar-refractivity contribution >= 4 is 11.3 Å². The first-order valence-electron chi connectivity index (χ1n) is 5.06. The number of fused-ring (bicyclic) bond motifs is 1. The summed E-state index contributed by atoms with van der Waals surface area (Å²) in [4.78, 5) is 4.19. The highest BCUT2D eigenvalue weighted by Crippen LogP contribution is 2.22. The average molecular weight is 195 g/mol. The Morgan fingerprint density at radius 1 is 1.31 bits per heavy atom. The van der Waals surface area contributed by atoms with Crippen molar-refractivity contribution in [2.24, 2.45) is 0 Å². The van der Waals surface area contributed by atoms with Gasteiger partial charge < -0.3 is 4.90 Å². The van der Waals surface area contributed by atoms with Crippen LogP contribution in [0.4, 0.5) is 0 Å². The van der Waals surface area contributed by atoms with Gasteiger partial charge in [0.1, 0.15) is 0 Å². The Balaban J connectivity index is 2.08. The van der Waals surface area contributed by atoms with Crippen molar-refractivity contribution in [2.45, 2.75) is 32.7 Å². The summed E-state index contributed by atoms with van der Waals surface area (Å²) in [5, 5.41) is 2.23. The van der Waals surface area contributed by atoms with Crippen LogP contribution < -0.4 is 0 Å². The van der Waals surface area contributed by atoms with Crippen LogP contribution in [0, 0.1) is 0 Å². The lowest BCUT2D eigenvalue weighted by atomic mass is 10.2. The largest absolute Gasteiger partial charge is 0.300 e. The van der Waals surface area contributed by atoms with Gasteiger partial charge in [0.2, 0.25) is 0 Å². The molecule has 1 aromatic rings. The van der Waals surface area contributed by atoms with Crippen LogP contribution in [-0.4, -0.2) is 24.0 Å². The van der Waals surface area contributed by atoms with Crippen molar-refractivity contribution in [2.75, 3.05) is 13.1 Å². The van der Waals surface area contributed by atoms with Gasteiger partial charge in [-0.05, 0) is 43.7 Å². The van der Waals surface area contributed by atoms with Crippen LogP contribution in [0.1, 0.15) is 24.3 Å². The summed E-state index contributed by atoms with van der Waals surface area (Å²) in [7, 11) is 0. The summed E-state index contributed by atoms with van der Waals surface area (Å²) in [6, 6.07) is 3.00. The SMILES string of the molecule is CC(C)N1CCc2ccsc2CC1. The molecule has 0 saturated carbocycles. The highest BCUT2D eigenvalue weighted by atomic mass is 32.1. The lowest BCUT2D eigenvalue weighted by Crippen LogP contribution is -2.33. The topological polar surface area (TPSA) is 3.24 Å². The van der Waals surface area contributed by atoms with Crippen molar-refractivity contribution in [1.82, 2.24) is 4.90 Å². The lowest BCUT2D eigenvalue weighted by Gasteiger charge is -2.23. The zero-order valence-corrected chi connectivity index (χ0v) is 9.23. The molecule has 0 bridgehead atoms. The molecule has 1 nitrogen and oxygen atoms in total. The predicted molar refractivity (Wildman–Crippen MR) is 58.4 cm³/mol. The summed E-state index contributed by atoms with van der Waals surface area (Å²) in [5.74, 6) is 0. The fourth-order valence-electron chi connectivity index (χ4n) is 1.95. The first-order chi connectivity index (χ1) is 6.27. The van der Waals surface area contributed by atoms with Gasteiger partial charge in [0.15, 0.2) is 0 Å². The Kier molecular flexibility index (Phi) is 2.70. The van der Waals surface area contributed by atoms with E-state index in [0.29, 0.717) is 6.04 Å². The van der Waals surface area contributed by atoms with Crippen LogP contribution >= 0.6 is 11.3 Å². The molecule has 0 aromatic carbocycles. The second-order valence-corrected chi connectivity index (χ2v) is 5.00. The third-order valence-corrected chi connectivity index (χ3v) is 3.89. The molecule has 1 aliphatic rings. The van der Waals surface area contributed by atoms with Crippen molar-refractivity contribution in [1.29, 1.82) is 0 Å². The summed E-state index contributed by atoms with van der Waals surface area (Å²) in [5.41, 5.74) is 1.59. The van der Waals surface area contributed by atoms with Crippen LogP contribution in [0.15, 0.2) is 11.4 Å².